The van der Waals surface area contributed by atoms with Gasteiger partial charge in [0, 0.05) is 11.0 Å². The van der Waals surface area contributed by atoms with E-state index in [1.54, 1.807) is 23.5 Å². The second kappa shape index (κ2) is 6.11. The molecule has 1 heterocycles. The Balaban J connectivity index is 1.96. The summed E-state index contributed by atoms with van der Waals surface area (Å²) in [5.74, 6) is -0.910. The van der Waals surface area contributed by atoms with Gasteiger partial charge in [-0.15, -0.1) is 0 Å². The quantitative estimate of drug-likeness (QED) is 0.912. The summed E-state index contributed by atoms with van der Waals surface area (Å²) in [6.45, 7) is 0.496. The zero-order chi connectivity index (χ0) is 13.0. The number of nitrogens with one attached hydrogen (secondary N) is 1. The molecule has 0 radical (unpaired) electrons. The van der Waals surface area contributed by atoms with E-state index in [1.165, 1.54) is 11.6 Å². The predicted octanol–water partition coefficient (Wildman–Crippen LogP) is 3.62. The van der Waals surface area contributed by atoms with Crippen LogP contribution >= 0.6 is 27.3 Å². The molecule has 0 aliphatic carbocycles. The molecule has 0 saturated heterocycles. The van der Waals surface area contributed by atoms with E-state index in [1.807, 2.05) is 16.8 Å². The summed E-state index contributed by atoms with van der Waals surface area (Å²) < 4.78 is 14.0. The van der Waals surface area contributed by atoms with Crippen LogP contribution in [0.5, 0.6) is 0 Å². The van der Waals surface area contributed by atoms with Crippen molar-refractivity contribution in [1.82, 2.24) is 5.32 Å². The molecule has 2 nitrogen and oxygen atoms in total. The molecule has 2 rings (SSSR count). The van der Waals surface area contributed by atoms with E-state index in [-0.39, 0.29) is 5.56 Å². The number of carbonyl (C=O) groups is 1. The average Bonchev–Trinajstić information content (AvgIpc) is 2.82. The lowest BCUT2D eigenvalue weighted by atomic mass is 10.2. The van der Waals surface area contributed by atoms with Crippen molar-refractivity contribution in [1.29, 1.82) is 0 Å². The SMILES string of the molecule is O=C(NCCc1ccsc1)c1c(F)cccc1Br. The van der Waals surface area contributed by atoms with Crippen LogP contribution in [0.1, 0.15) is 15.9 Å². The highest BCUT2D eigenvalue weighted by Gasteiger charge is 2.14. The number of amides is 1. The first-order chi connectivity index (χ1) is 8.68. The largest absolute Gasteiger partial charge is 0.352 e. The minimum absolute atomic E-state index is 0.0582. The Hall–Kier alpha value is -1.20. The number of hydrogen-bond donors (Lipinski definition) is 1. The van der Waals surface area contributed by atoms with Crippen molar-refractivity contribution < 1.29 is 9.18 Å². The van der Waals surface area contributed by atoms with E-state index in [0.717, 1.165) is 6.42 Å². The predicted molar refractivity (Wildman–Crippen MR) is 74.5 cm³/mol. The number of hydrogen-bond acceptors (Lipinski definition) is 2. The monoisotopic (exact) mass is 327 g/mol. The molecule has 1 N–H and O–H groups in total. The van der Waals surface area contributed by atoms with Crippen LogP contribution in [0.4, 0.5) is 4.39 Å². The lowest BCUT2D eigenvalue weighted by molar-refractivity contribution is 0.0949. The van der Waals surface area contributed by atoms with Gasteiger partial charge >= 0.3 is 0 Å². The fourth-order valence-corrected chi connectivity index (χ4v) is 2.78. The summed E-state index contributed by atoms with van der Waals surface area (Å²) in [6, 6.07) is 6.49. The first-order valence-electron chi connectivity index (χ1n) is 5.42. The van der Waals surface area contributed by atoms with Crippen LogP contribution in [-0.2, 0) is 6.42 Å². The van der Waals surface area contributed by atoms with Gasteiger partial charge in [0.2, 0.25) is 0 Å². The first-order valence-corrected chi connectivity index (χ1v) is 7.15. The van der Waals surface area contributed by atoms with Gasteiger partial charge in [0.25, 0.3) is 5.91 Å². The molecule has 0 fully saturated rings. The maximum Gasteiger partial charge on any atom is 0.255 e. The normalized spacial score (nSPS) is 10.3. The van der Waals surface area contributed by atoms with Gasteiger partial charge in [-0.25, -0.2) is 4.39 Å². The van der Waals surface area contributed by atoms with E-state index in [4.69, 9.17) is 0 Å². The topological polar surface area (TPSA) is 29.1 Å². The highest BCUT2D eigenvalue weighted by Crippen LogP contribution is 2.19. The Morgan fingerprint density at radius 3 is 2.89 bits per heavy atom. The Morgan fingerprint density at radius 2 is 2.22 bits per heavy atom. The van der Waals surface area contributed by atoms with Crippen molar-refractivity contribution in [3.05, 3.63) is 56.4 Å². The third-order valence-corrected chi connectivity index (χ3v) is 3.86. The van der Waals surface area contributed by atoms with Gasteiger partial charge in [-0.1, -0.05) is 6.07 Å². The summed E-state index contributed by atoms with van der Waals surface area (Å²) in [4.78, 5) is 11.8. The van der Waals surface area contributed by atoms with E-state index in [9.17, 15) is 9.18 Å². The number of thiophene rings is 1. The molecule has 5 heteroatoms. The molecule has 94 valence electrons. The van der Waals surface area contributed by atoms with Crippen LogP contribution in [0.3, 0.4) is 0 Å². The van der Waals surface area contributed by atoms with Crippen molar-refractivity contribution in [3.8, 4) is 0 Å². The lowest BCUT2D eigenvalue weighted by Crippen LogP contribution is -2.26. The standard InChI is InChI=1S/C13H11BrFNOS/c14-10-2-1-3-11(15)12(10)13(17)16-6-4-9-5-7-18-8-9/h1-3,5,7-8H,4,6H2,(H,16,17). The minimum atomic E-state index is -0.516. The molecule has 18 heavy (non-hydrogen) atoms. The maximum absolute atomic E-state index is 13.5. The molecule has 0 aliphatic heterocycles. The molecular weight excluding hydrogens is 317 g/mol. The fourth-order valence-electron chi connectivity index (χ4n) is 1.56. The van der Waals surface area contributed by atoms with Crippen molar-refractivity contribution in [2.45, 2.75) is 6.42 Å². The van der Waals surface area contributed by atoms with Gasteiger partial charge in [-0.2, -0.15) is 11.3 Å². The van der Waals surface area contributed by atoms with Gasteiger partial charge < -0.3 is 5.32 Å². The van der Waals surface area contributed by atoms with Crippen LogP contribution in [-0.4, -0.2) is 12.5 Å². The smallest absolute Gasteiger partial charge is 0.255 e. The van der Waals surface area contributed by atoms with Crippen LogP contribution in [0.25, 0.3) is 0 Å². The molecular formula is C13H11BrFNOS. The van der Waals surface area contributed by atoms with Gasteiger partial charge in [-0.3, -0.25) is 4.79 Å². The van der Waals surface area contributed by atoms with Gasteiger partial charge in [-0.05, 0) is 56.9 Å². The number of carbonyl (C=O) groups excluding carboxylic acids is 1. The van der Waals surface area contributed by atoms with Crippen molar-refractivity contribution in [2.24, 2.45) is 0 Å². The number of halogens is 2. The maximum atomic E-state index is 13.5. The number of benzene rings is 1. The number of rotatable bonds is 4. The second-order valence-electron chi connectivity index (χ2n) is 3.73. The van der Waals surface area contributed by atoms with Crippen molar-refractivity contribution in [3.63, 3.8) is 0 Å². The van der Waals surface area contributed by atoms with Gasteiger partial charge in [0.05, 0.1) is 5.56 Å². The van der Waals surface area contributed by atoms with Crippen LogP contribution in [0, 0.1) is 5.82 Å². The van der Waals surface area contributed by atoms with Gasteiger partial charge in [0.1, 0.15) is 5.82 Å². The zero-order valence-corrected chi connectivity index (χ0v) is 11.9. The fraction of sp³-hybridized carbons (Fsp3) is 0.154. The highest BCUT2D eigenvalue weighted by molar-refractivity contribution is 9.10. The Labute approximate surface area is 117 Å². The minimum Gasteiger partial charge on any atom is -0.352 e. The van der Waals surface area contributed by atoms with Crippen LogP contribution in [0.15, 0.2) is 39.5 Å². The molecule has 0 aliphatic rings. The van der Waals surface area contributed by atoms with Gasteiger partial charge in [0.15, 0.2) is 0 Å². The Morgan fingerprint density at radius 1 is 1.39 bits per heavy atom. The molecule has 0 bridgehead atoms. The molecule has 1 aromatic carbocycles. The molecule has 1 aromatic heterocycles. The van der Waals surface area contributed by atoms with Crippen LogP contribution < -0.4 is 5.32 Å². The van der Waals surface area contributed by atoms with E-state index in [0.29, 0.717) is 11.0 Å². The summed E-state index contributed by atoms with van der Waals surface area (Å²) in [5, 5.41) is 6.74. The van der Waals surface area contributed by atoms with Crippen molar-refractivity contribution >= 4 is 33.2 Å². The molecule has 1 amide bonds. The molecule has 0 atom stereocenters. The highest BCUT2D eigenvalue weighted by atomic mass is 79.9. The average molecular weight is 328 g/mol. The lowest BCUT2D eigenvalue weighted by Gasteiger charge is -2.07. The van der Waals surface area contributed by atoms with Crippen molar-refractivity contribution in [2.75, 3.05) is 6.54 Å². The molecule has 0 saturated carbocycles. The summed E-state index contributed by atoms with van der Waals surface area (Å²) in [6.07, 6.45) is 0.751. The van der Waals surface area contributed by atoms with E-state index < -0.39 is 11.7 Å². The summed E-state index contributed by atoms with van der Waals surface area (Å²) >= 11 is 4.80. The van der Waals surface area contributed by atoms with Crippen LogP contribution in [0.2, 0.25) is 0 Å². The molecule has 2 aromatic rings. The zero-order valence-electron chi connectivity index (χ0n) is 9.45. The van der Waals surface area contributed by atoms with E-state index >= 15 is 0 Å². The molecule has 0 spiro atoms. The Kier molecular flexibility index (Phi) is 4.49. The third-order valence-electron chi connectivity index (χ3n) is 2.47. The van der Waals surface area contributed by atoms with E-state index in [2.05, 4.69) is 21.2 Å². The summed E-state index contributed by atoms with van der Waals surface area (Å²) in [7, 11) is 0. The second-order valence-corrected chi connectivity index (χ2v) is 5.37. The summed E-state index contributed by atoms with van der Waals surface area (Å²) in [5.41, 5.74) is 1.23. The first kappa shape index (κ1) is 13.2. The third kappa shape index (κ3) is 3.17. The molecule has 0 unspecified atom stereocenters. The Bertz CT molecular complexity index is 522.